The van der Waals surface area contributed by atoms with Crippen molar-refractivity contribution in [3.8, 4) is 0 Å². The van der Waals surface area contributed by atoms with Gasteiger partial charge in [-0.05, 0) is 96.3 Å². The Balaban J connectivity index is 4.69. The zero-order valence-electron chi connectivity index (χ0n) is 43.3. The van der Waals surface area contributed by atoms with E-state index in [1.54, 1.807) is 0 Å². The zero-order chi connectivity index (χ0) is 48.1. The molecular weight excluding hydrogens is 815 g/mol. The number of carbonyl (C=O) groups is 2. The molecule has 380 valence electrons. The van der Waals surface area contributed by atoms with E-state index >= 15 is 0 Å². The van der Waals surface area contributed by atoms with Gasteiger partial charge in [-0.2, -0.15) is 0 Å². The highest BCUT2D eigenvalue weighted by molar-refractivity contribution is 5.77. The predicted molar refractivity (Wildman–Crippen MR) is 287 cm³/mol. The molecule has 0 saturated carbocycles. The van der Waals surface area contributed by atoms with Gasteiger partial charge in [0.25, 0.3) is 0 Å². The first-order chi connectivity index (χ1) is 32.5. The van der Waals surface area contributed by atoms with Gasteiger partial charge in [0, 0.05) is 6.42 Å². The van der Waals surface area contributed by atoms with Gasteiger partial charge in [0.1, 0.15) is 6.10 Å². The number of hydrogen-bond acceptors (Lipinski definition) is 5. The van der Waals surface area contributed by atoms with Crippen LogP contribution in [-0.4, -0.2) is 46.9 Å². The van der Waals surface area contributed by atoms with Crippen LogP contribution in [0.15, 0.2) is 85.1 Å². The SMILES string of the molecule is CC/C=C\C/C=C\C/C=C\C/C=C\C/C=C\CCCCCC(=O)OC(CCCCC/C=C/C=C/CCCCCCCCC)CC(=O)NC(CO)C(O)CCCCCCCCCCCCCC. The van der Waals surface area contributed by atoms with Gasteiger partial charge in [-0.3, -0.25) is 9.59 Å². The van der Waals surface area contributed by atoms with Gasteiger partial charge >= 0.3 is 5.97 Å². The number of nitrogens with one attached hydrogen (secondary N) is 1. The lowest BCUT2D eigenvalue weighted by molar-refractivity contribution is -0.151. The Bertz CT molecular complexity index is 1260. The minimum atomic E-state index is -0.805. The van der Waals surface area contributed by atoms with Crippen LogP contribution in [0.5, 0.6) is 0 Å². The van der Waals surface area contributed by atoms with Crippen molar-refractivity contribution in [2.45, 2.75) is 277 Å². The molecule has 0 fully saturated rings. The van der Waals surface area contributed by atoms with Crippen molar-refractivity contribution < 1.29 is 24.5 Å². The number of aliphatic hydroxyl groups excluding tert-OH is 2. The van der Waals surface area contributed by atoms with E-state index in [-0.39, 0.29) is 24.9 Å². The fourth-order valence-electron chi connectivity index (χ4n) is 8.04. The molecule has 0 saturated heterocycles. The molecule has 6 nitrogen and oxygen atoms in total. The van der Waals surface area contributed by atoms with E-state index in [4.69, 9.17) is 4.74 Å². The lowest BCUT2D eigenvalue weighted by atomic mass is 10.0. The van der Waals surface area contributed by atoms with Crippen molar-refractivity contribution in [3.05, 3.63) is 85.1 Å². The highest BCUT2D eigenvalue weighted by Crippen LogP contribution is 2.17. The average Bonchev–Trinajstić information content (AvgIpc) is 3.31. The summed E-state index contributed by atoms with van der Waals surface area (Å²) in [5, 5.41) is 23.8. The number of carbonyl (C=O) groups excluding carboxylic acids is 2. The molecule has 0 aliphatic heterocycles. The van der Waals surface area contributed by atoms with Crippen molar-refractivity contribution in [3.63, 3.8) is 0 Å². The molecule has 6 heteroatoms. The van der Waals surface area contributed by atoms with Gasteiger partial charge in [-0.15, -0.1) is 0 Å². The first-order valence-electron chi connectivity index (χ1n) is 27.8. The highest BCUT2D eigenvalue weighted by atomic mass is 16.5. The minimum Gasteiger partial charge on any atom is -0.462 e. The molecule has 0 spiro atoms. The molecule has 0 aliphatic carbocycles. The van der Waals surface area contributed by atoms with Crippen LogP contribution in [0, 0.1) is 0 Å². The molecule has 66 heavy (non-hydrogen) atoms. The molecule has 0 aromatic rings. The molecule has 0 bridgehead atoms. The summed E-state index contributed by atoms with van der Waals surface area (Å²) in [4.78, 5) is 26.2. The number of aliphatic hydroxyl groups is 2. The third-order valence-electron chi connectivity index (χ3n) is 12.2. The Kier molecular flexibility index (Phi) is 50.6. The molecule has 0 radical (unpaired) electrons. The molecule has 0 aromatic heterocycles. The minimum absolute atomic E-state index is 0.0427. The fourth-order valence-corrected chi connectivity index (χ4v) is 8.04. The Morgan fingerprint density at radius 2 is 0.864 bits per heavy atom. The molecule has 0 aliphatic rings. The first-order valence-corrected chi connectivity index (χ1v) is 27.8. The largest absolute Gasteiger partial charge is 0.462 e. The normalized spacial score (nSPS) is 13.8. The topological polar surface area (TPSA) is 95.9 Å². The van der Waals surface area contributed by atoms with Crippen LogP contribution in [-0.2, 0) is 14.3 Å². The van der Waals surface area contributed by atoms with Gasteiger partial charge < -0.3 is 20.3 Å². The van der Waals surface area contributed by atoms with Gasteiger partial charge in [-0.25, -0.2) is 0 Å². The molecule has 3 N–H and O–H groups in total. The zero-order valence-corrected chi connectivity index (χ0v) is 43.3. The second-order valence-electron chi connectivity index (χ2n) is 18.6. The monoisotopic (exact) mass is 920 g/mol. The Labute approximate surface area is 408 Å². The smallest absolute Gasteiger partial charge is 0.306 e. The van der Waals surface area contributed by atoms with Gasteiger partial charge in [-0.1, -0.05) is 234 Å². The number of unbranched alkanes of at least 4 members (excludes halogenated alkanes) is 24. The summed E-state index contributed by atoms with van der Waals surface area (Å²) in [7, 11) is 0. The predicted octanol–water partition coefficient (Wildman–Crippen LogP) is 17.1. The molecule has 1 amide bonds. The van der Waals surface area contributed by atoms with E-state index in [9.17, 15) is 19.8 Å². The van der Waals surface area contributed by atoms with Crippen LogP contribution in [0.3, 0.4) is 0 Å². The number of allylic oxidation sites excluding steroid dienone is 14. The standard InChI is InChI=1S/C60H105NO5/c1-4-7-10-13-16-19-22-25-27-29-30-31-33-35-38-41-44-47-50-53-60(65)66-56(51-48-45-42-39-36-34-32-28-26-23-20-17-14-11-8-5-2)54-59(64)61-57(55-62)58(63)52-49-46-43-40-37-24-21-18-15-12-9-6-3/h7,10,16,19,25,27-28,30-32,34-36,38,56-58,62-63H,4-6,8-9,11-15,17-18,20-24,26,29,33,37,39-55H2,1-3H3,(H,61,64)/b10-7-,19-16-,27-25-,31-30-,32-28+,36-34+,38-35-. The summed E-state index contributed by atoms with van der Waals surface area (Å²) >= 11 is 0. The molecule has 3 atom stereocenters. The summed E-state index contributed by atoms with van der Waals surface area (Å²) in [5.74, 6) is -0.538. The van der Waals surface area contributed by atoms with E-state index in [2.05, 4.69) is 111 Å². The maximum absolute atomic E-state index is 13.2. The number of amides is 1. The van der Waals surface area contributed by atoms with E-state index in [0.717, 1.165) is 109 Å². The molecule has 0 rings (SSSR count). The third-order valence-corrected chi connectivity index (χ3v) is 12.2. The van der Waals surface area contributed by atoms with E-state index in [0.29, 0.717) is 19.3 Å². The summed E-state index contributed by atoms with van der Waals surface area (Å²) in [6.45, 7) is 6.35. The van der Waals surface area contributed by atoms with Crippen molar-refractivity contribution >= 4 is 11.9 Å². The lowest BCUT2D eigenvalue weighted by Crippen LogP contribution is -2.46. The fraction of sp³-hybridized carbons (Fsp3) is 0.733. The van der Waals surface area contributed by atoms with Crippen molar-refractivity contribution in [2.24, 2.45) is 0 Å². The molecular formula is C60H105NO5. The quantitative estimate of drug-likeness (QED) is 0.0245. The van der Waals surface area contributed by atoms with Crippen molar-refractivity contribution in [1.82, 2.24) is 5.32 Å². The van der Waals surface area contributed by atoms with Crippen molar-refractivity contribution in [2.75, 3.05) is 6.61 Å². The second-order valence-corrected chi connectivity index (χ2v) is 18.6. The van der Waals surface area contributed by atoms with Gasteiger partial charge in [0.05, 0.1) is 25.2 Å². The summed E-state index contributed by atoms with van der Waals surface area (Å²) in [5.41, 5.74) is 0. The van der Waals surface area contributed by atoms with E-state index < -0.39 is 18.2 Å². The Morgan fingerprint density at radius 3 is 1.35 bits per heavy atom. The average molecular weight is 921 g/mol. The van der Waals surface area contributed by atoms with Crippen LogP contribution < -0.4 is 5.32 Å². The number of ether oxygens (including phenoxy) is 1. The lowest BCUT2D eigenvalue weighted by Gasteiger charge is -2.24. The van der Waals surface area contributed by atoms with Crippen LogP contribution in [0.4, 0.5) is 0 Å². The third kappa shape index (κ3) is 47.5. The highest BCUT2D eigenvalue weighted by Gasteiger charge is 2.24. The molecule has 0 aromatic carbocycles. The van der Waals surface area contributed by atoms with Crippen molar-refractivity contribution in [1.29, 1.82) is 0 Å². The maximum atomic E-state index is 13.2. The number of hydrogen-bond donors (Lipinski definition) is 3. The number of rotatable bonds is 49. The Morgan fingerprint density at radius 1 is 0.470 bits per heavy atom. The van der Waals surface area contributed by atoms with Crippen LogP contribution >= 0.6 is 0 Å². The molecule has 0 heterocycles. The van der Waals surface area contributed by atoms with E-state index in [1.165, 1.54) is 103 Å². The number of esters is 1. The summed E-state index contributed by atoms with van der Waals surface area (Å²) in [6.07, 6.45) is 69.3. The summed E-state index contributed by atoms with van der Waals surface area (Å²) < 4.78 is 5.93. The molecule has 3 unspecified atom stereocenters. The summed E-state index contributed by atoms with van der Waals surface area (Å²) in [6, 6.07) is -0.721. The Hall–Kier alpha value is -2.96. The van der Waals surface area contributed by atoms with Gasteiger partial charge in [0.2, 0.25) is 5.91 Å². The van der Waals surface area contributed by atoms with Gasteiger partial charge in [0.15, 0.2) is 0 Å². The van der Waals surface area contributed by atoms with E-state index in [1.807, 2.05) is 0 Å². The maximum Gasteiger partial charge on any atom is 0.306 e. The van der Waals surface area contributed by atoms with Crippen LogP contribution in [0.1, 0.15) is 258 Å². The van der Waals surface area contributed by atoms with Crippen LogP contribution in [0.2, 0.25) is 0 Å². The second kappa shape index (κ2) is 53.0. The first kappa shape index (κ1) is 63.0. The van der Waals surface area contributed by atoms with Crippen LogP contribution in [0.25, 0.3) is 0 Å².